The summed E-state index contributed by atoms with van der Waals surface area (Å²) < 4.78 is 56.1. The Morgan fingerprint density at radius 2 is 1.11 bits per heavy atom. The molecule has 0 spiro atoms. The lowest BCUT2D eigenvalue weighted by Crippen LogP contribution is -2.67. The van der Waals surface area contributed by atoms with Gasteiger partial charge in [0.15, 0.2) is 16.6 Å². The molecule has 76 heavy (non-hydrogen) atoms. The van der Waals surface area contributed by atoms with Crippen LogP contribution < -0.4 is 9.30 Å². The molecule has 13 aromatic rings. The summed E-state index contributed by atoms with van der Waals surface area (Å²) in [7, 11) is 0. The Morgan fingerprint density at radius 1 is 0.513 bits per heavy atom. The van der Waals surface area contributed by atoms with Gasteiger partial charge in [0.2, 0.25) is 0 Å². The molecule has 0 saturated carbocycles. The molecule has 3 heterocycles. The number of pyridine rings is 1. The summed E-state index contributed by atoms with van der Waals surface area (Å²) in [4.78, 5) is 4.92. The van der Waals surface area contributed by atoms with Gasteiger partial charge in [-0.2, -0.15) is 4.57 Å². The van der Waals surface area contributed by atoms with Crippen LogP contribution in [0.15, 0.2) is 267 Å². The van der Waals surface area contributed by atoms with Crippen LogP contribution in [0.25, 0.3) is 55.5 Å². The summed E-state index contributed by atoms with van der Waals surface area (Å²) in [6.07, 6.45) is 3.96. The molecule has 0 N–H and O–H groups in total. The predicted octanol–water partition coefficient (Wildman–Crippen LogP) is 15.9. The quantitative estimate of drug-likeness (QED) is 0.149. The normalized spacial score (nSPS) is 19.6. The first-order chi connectivity index (χ1) is 39.7. The van der Waals surface area contributed by atoms with E-state index in [-0.39, 0.29) is 41.6 Å². The highest BCUT2D eigenvalue weighted by molar-refractivity contribution is 6.09. The van der Waals surface area contributed by atoms with E-state index in [0.717, 1.165) is 44.1 Å². The summed E-state index contributed by atoms with van der Waals surface area (Å²) in [6, 6.07) is 80.1. The number of ether oxygens (including phenoxy) is 1. The van der Waals surface area contributed by atoms with Gasteiger partial charge in [0, 0.05) is 51.7 Å². The minimum Gasteiger partial charge on any atom is -0.457 e. The second-order valence-electron chi connectivity index (χ2n) is 20.5. The zero-order valence-electron chi connectivity index (χ0n) is 46.4. The van der Waals surface area contributed by atoms with Gasteiger partial charge in [-0.3, -0.25) is 4.57 Å². The monoisotopic (exact) mass is 978 g/mol. The fraction of sp³-hybridized carbons (Fsp3) is 0.0704. The lowest BCUT2D eigenvalue weighted by atomic mass is 9.43. The van der Waals surface area contributed by atoms with Crippen molar-refractivity contribution in [3.8, 4) is 34.1 Å². The van der Waals surface area contributed by atoms with Gasteiger partial charge in [0.25, 0.3) is 6.33 Å². The van der Waals surface area contributed by atoms with E-state index in [1.165, 1.54) is 50.1 Å². The zero-order valence-corrected chi connectivity index (χ0v) is 41.4. The van der Waals surface area contributed by atoms with Crippen LogP contribution in [0.2, 0.25) is 0 Å². The lowest BCUT2D eigenvalue weighted by molar-refractivity contribution is -0.724. The molecule has 0 fully saturated rings. The maximum absolute atomic E-state index is 8.68. The Kier molecular flexibility index (Phi) is 8.12. The van der Waals surface area contributed by atoms with Crippen LogP contribution in [-0.2, 0) is 11.0 Å². The van der Waals surface area contributed by atoms with Crippen molar-refractivity contribution >= 4 is 32.8 Å². The maximum atomic E-state index is 8.68. The number of hydrogen-bond donors (Lipinski definition) is 0. The number of para-hydroxylation sites is 3. The first kappa shape index (κ1) is 38.1. The fourth-order valence-electron chi connectivity index (χ4n) is 14.1. The molecule has 0 radical (unpaired) electrons. The molecule has 0 atom stereocenters. The number of aryl methyl sites for hydroxylation is 1. The van der Waals surface area contributed by atoms with Gasteiger partial charge >= 0.3 is 0 Å². The maximum Gasteiger partial charge on any atom is 0.251 e. The number of imidazole rings is 1. The highest BCUT2D eigenvalue weighted by atomic mass is 16.5. The van der Waals surface area contributed by atoms with E-state index >= 15 is 0 Å². The van der Waals surface area contributed by atoms with Crippen molar-refractivity contribution in [3.05, 3.63) is 323 Å². The second kappa shape index (κ2) is 16.2. The van der Waals surface area contributed by atoms with Crippen LogP contribution in [0.4, 0.5) is 0 Å². The molecule has 0 aliphatic heterocycles. The lowest BCUT2D eigenvalue weighted by Gasteiger charge is -2.59. The third kappa shape index (κ3) is 5.74. The predicted molar refractivity (Wildman–Crippen MR) is 304 cm³/mol. The summed E-state index contributed by atoms with van der Waals surface area (Å²) in [5.41, 5.74) is 16.8. The largest absolute Gasteiger partial charge is 0.457 e. The number of aromatic nitrogens is 4. The smallest absolute Gasteiger partial charge is 0.251 e. The summed E-state index contributed by atoms with van der Waals surface area (Å²) in [5.74, 6) is 1.83. The van der Waals surface area contributed by atoms with Crippen molar-refractivity contribution in [2.45, 2.75) is 29.7 Å². The van der Waals surface area contributed by atoms with Crippen molar-refractivity contribution < 1.29 is 16.2 Å². The van der Waals surface area contributed by atoms with Crippen molar-refractivity contribution in [1.82, 2.24) is 14.1 Å². The Hall–Kier alpha value is -9.58. The molecule has 4 bridgehead atoms. The van der Waals surface area contributed by atoms with E-state index in [0.29, 0.717) is 22.9 Å². The van der Waals surface area contributed by atoms with Crippen molar-refractivity contribution in [1.29, 1.82) is 0 Å². The molecule has 5 nitrogen and oxygen atoms in total. The highest BCUT2D eigenvalue weighted by Crippen LogP contribution is 2.69. The second-order valence-corrected chi connectivity index (χ2v) is 20.5. The van der Waals surface area contributed by atoms with Crippen LogP contribution in [0.1, 0.15) is 74.3 Å². The van der Waals surface area contributed by atoms with E-state index in [9.17, 15) is 0 Å². The Labute approximate surface area is 447 Å². The third-order valence-corrected chi connectivity index (χ3v) is 16.9. The number of nitrogens with zero attached hydrogens (tertiary/aromatic N) is 4. The molecule has 5 heteroatoms. The number of benzene rings is 10. The standard InChI is InChI=1S/C71H49N4O/c1-46-41-67(72-44-58(46)47-21-4-2-5-22-47)75-63-36-17-12-27-52(63)53-40-39-51(43-66(53)75)76-50-26-20-25-49(42-50)73-45-74(65-38-19-18-37-64(65)73)71-61-34-15-13-32-59(61)70(48-23-6-3-7-24-48,60-33-14-16-35-62(60)71)68-54-28-8-10-30-56(54)69(71)57-31-11-9-29-55(57)68/h2-45,68-69H,1H3/q+1/i2D,4D,5D,21D,22D. The summed E-state index contributed by atoms with van der Waals surface area (Å²) >= 11 is 0. The van der Waals surface area contributed by atoms with Crippen LogP contribution in [-0.4, -0.2) is 14.1 Å². The van der Waals surface area contributed by atoms with Crippen LogP contribution in [0.5, 0.6) is 11.5 Å². The van der Waals surface area contributed by atoms with Gasteiger partial charge in [-0.15, -0.1) is 0 Å². The average Bonchev–Trinajstić information content (AvgIpc) is 3.86. The molecule has 0 amide bonds. The van der Waals surface area contributed by atoms with E-state index in [2.05, 4.69) is 208 Å². The molecule has 6 aliphatic rings. The fourth-order valence-corrected chi connectivity index (χ4v) is 14.1. The first-order valence-electron chi connectivity index (χ1n) is 28.5. The van der Waals surface area contributed by atoms with Gasteiger partial charge in [-0.1, -0.05) is 194 Å². The van der Waals surface area contributed by atoms with E-state index in [1.807, 2.05) is 43.3 Å². The van der Waals surface area contributed by atoms with Gasteiger partial charge in [-0.25, -0.2) is 9.55 Å². The van der Waals surface area contributed by atoms with Gasteiger partial charge < -0.3 is 4.74 Å². The molecule has 19 rings (SSSR count). The topological polar surface area (TPSA) is 35.9 Å². The van der Waals surface area contributed by atoms with Crippen molar-refractivity contribution in [2.24, 2.45) is 0 Å². The van der Waals surface area contributed by atoms with Crippen LogP contribution >= 0.6 is 0 Å². The van der Waals surface area contributed by atoms with Crippen LogP contribution in [0.3, 0.4) is 0 Å². The molecule has 0 saturated heterocycles. The molecule has 6 aliphatic carbocycles. The van der Waals surface area contributed by atoms with Crippen molar-refractivity contribution in [3.63, 3.8) is 0 Å². The Morgan fingerprint density at radius 3 is 1.82 bits per heavy atom. The van der Waals surface area contributed by atoms with Crippen molar-refractivity contribution in [2.75, 3.05) is 0 Å². The summed E-state index contributed by atoms with van der Waals surface area (Å²) in [6.45, 7) is 1.88. The molecule has 0 unspecified atom stereocenters. The SMILES string of the molecule is [2H]c1c([2H])c([2H])c(-c2cnc(-n3c4ccccc4c4ccc(Oc5cccc(-n6c[n+](C78c9ccccc9C(c9ccccc9)(c9ccccc97)C7c9ccccc9C8c8ccccc87)c7ccccc76)c5)cc43)cc2C)c([2H])c1[2H]. The highest BCUT2D eigenvalue weighted by Gasteiger charge is 2.66. The van der Waals surface area contributed by atoms with E-state index < -0.39 is 17.0 Å². The first-order valence-corrected chi connectivity index (χ1v) is 26.0. The number of hydrogen-bond acceptors (Lipinski definition) is 2. The molecule has 10 aromatic carbocycles. The minimum absolute atomic E-state index is 0.00283. The summed E-state index contributed by atoms with van der Waals surface area (Å²) in [5, 5.41) is 2.06. The van der Waals surface area contributed by atoms with Gasteiger partial charge in [0.1, 0.15) is 23.0 Å². The third-order valence-electron chi connectivity index (χ3n) is 16.9. The minimum atomic E-state index is -0.774. The van der Waals surface area contributed by atoms with E-state index in [1.54, 1.807) is 6.20 Å². The van der Waals surface area contributed by atoms with E-state index in [4.69, 9.17) is 16.6 Å². The molecule has 358 valence electrons. The molecular weight excluding hydrogens is 925 g/mol. The zero-order chi connectivity index (χ0) is 54.5. The Bertz CT molecular complexity index is 4690. The molecular formula is C71H49N4O+. The van der Waals surface area contributed by atoms with Crippen LogP contribution in [0, 0.1) is 6.92 Å². The van der Waals surface area contributed by atoms with Gasteiger partial charge in [-0.05, 0) is 106 Å². The number of rotatable bonds is 7. The average molecular weight is 979 g/mol. The number of fused-ring (bicyclic) bond motifs is 4. The Balaban J connectivity index is 0.866. The van der Waals surface area contributed by atoms with Gasteiger partial charge in [0.05, 0.1) is 29.2 Å². The molecule has 3 aromatic heterocycles.